The third kappa shape index (κ3) is 5.23. The molecule has 0 aromatic carbocycles. The van der Waals surface area contributed by atoms with Gasteiger partial charge in [0.2, 0.25) is 5.91 Å². The first-order valence-electron chi connectivity index (χ1n) is 4.71. The molecule has 1 heterocycles. The Morgan fingerprint density at radius 3 is 2.76 bits per heavy atom. The summed E-state index contributed by atoms with van der Waals surface area (Å²) in [6, 6.07) is 0. The van der Waals surface area contributed by atoms with Crippen LogP contribution < -0.4 is 11.1 Å². The van der Waals surface area contributed by atoms with Gasteiger partial charge in [0.1, 0.15) is 17.5 Å². The van der Waals surface area contributed by atoms with E-state index < -0.39 is 11.8 Å². The number of hydrogen-bond donors (Lipinski definition) is 2. The summed E-state index contributed by atoms with van der Waals surface area (Å²) in [4.78, 5) is 29.3. The largest absolute Gasteiger partial charge is 0.370 e. The Kier molecular flexibility index (Phi) is 5.31. The van der Waals surface area contributed by atoms with E-state index in [0.717, 1.165) is 0 Å². The molecule has 17 heavy (non-hydrogen) atoms. The van der Waals surface area contributed by atoms with E-state index in [4.69, 9.17) is 22.1 Å². The minimum atomic E-state index is -0.556. The zero-order chi connectivity index (χ0) is 12.7. The Morgan fingerprint density at radius 2 is 2.18 bits per heavy atom. The fourth-order valence-electron chi connectivity index (χ4n) is 0.930. The molecule has 0 unspecified atom stereocenters. The first kappa shape index (κ1) is 13.3. The monoisotopic (exact) mass is 258 g/mol. The van der Waals surface area contributed by atoms with Crippen molar-refractivity contribution in [3.05, 3.63) is 23.2 Å². The molecule has 0 fully saturated rings. The zero-order valence-corrected chi connectivity index (χ0v) is 9.61. The Balaban J connectivity index is 2.25. The molecule has 0 atom stereocenters. The van der Waals surface area contributed by atoms with Crippen LogP contribution in [-0.4, -0.2) is 41.5 Å². The number of ether oxygens (including phenoxy) is 1. The number of hydrogen-bond acceptors (Lipinski definition) is 5. The van der Waals surface area contributed by atoms with Crippen LogP contribution in [0.4, 0.5) is 0 Å². The fourth-order valence-corrected chi connectivity index (χ4v) is 1.03. The fraction of sp³-hybridized carbons (Fsp3) is 0.333. The van der Waals surface area contributed by atoms with Crippen molar-refractivity contribution in [2.24, 2.45) is 5.73 Å². The Labute approximate surface area is 102 Å². The van der Waals surface area contributed by atoms with Crippen molar-refractivity contribution in [1.82, 2.24) is 15.3 Å². The summed E-state index contributed by atoms with van der Waals surface area (Å²) in [5.41, 5.74) is 5.01. The molecule has 92 valence electrons. The first-order chi connectivity index (χ1) is 8.09. The van der Waals surface area contributed by atoms with Crippen LogP contribution in [0.1, 0.15) is 10.5 Å². The Morgan fingerprint density at radius 1 is 1.41 bits per heavy atom. The minimum Gasteiger partial charge on any atom is -0.370 e. The van der Waals surface area contributed by atoms with Gasteiger partial charge >= 0.3 is 0 Å². The average Bonchev–Trinajstić information content (AvgIpc) is 2.29. The van der Waals surface area contributed by atoms with Crippen LogP contribution >= 0.6 is 11.6 Å². The summed E-state index contributed by atoms with van der Waals surface area (Å²) in [6.07, 6.45) is 2.54. The lowest BCUT2D eigenvalue weighted by Crippen LogP contribution is -2.29. The lowest BCUT2D eigenvalue weighted by atomic mass is 10.4. The molecule has 0 aliphatic rings. The predicted molar refractivity (Wildman–Crippen MR) is 59.4 cm³/mol. The maximum absolute atomic E-state index is 11.4. The number of amides is 2. The van der Waals surface area contributed by atoms with Gasteiger partial charge in [-0.3, -0.25) is 9.59 Å². The van der Waals surface area contributed by atoms with Gasteiger partial charge in [-0.1, -0.05) is 11.6 Å². The van der Waals surface area contributed by atoms with Gasteiger partial charge < -0.3 is 15.8 Å². The molecule has 7 nitrogen and oxygen atoms in total. The van der Waals surface area contributed by atoms with Crippen LogP contribution in [0.2, 0.25) is 5.15 Å². The van der Waals surface area contributed by atoms with Gasteiger partial charge in [-0.2, -0.15) is 0 Å². The van der Waals surface area contributed by atoms with E-state index in [1.807, 2.05) is 0 Å². The van der Waals surface area contributed by atoms with Crippen molar-refractivity contribution in [1.29, 1.82) is 0 Å². The molecular formula is C9H11ClN4O3. The van der Waals surface area contributed by atoms with Crippen molar-refractivity contribution in [3.63, 3.8) is 0 Å². The second-order valence-corrected chi connectivity index (χ2v) is 3.39. The molecule has 1 aromatic rings. The van der Waals surface area contributed by atoms with Crippen LogP contribution in [0.25, 0.3) is 0 Å². The van der Waals surface area contributed by atoms with Crippen molar-refractivity contribution in [3.8, 4) is 0 Å². The minimum absolute atomic E-state index is 0.157. The number of nitrogens with zero attached hydrogens (tertiary/aromatic N) is 2. The molecule has 0 saturated heterocycles. The maximum Gasteiger partial charge on any atom is 0.271 e. The molecule has 2 amide bonds. The van der Waals surface area contributed by atoms with Crippen LogP contribution in [0.15, 0.2) is 12.4 Å². The molecule has 0 bridgehead atoms. The van der Waals surface area contributed by atoms with Crippen molar-refractivity contribution in [2.45, 2.75) is 0 Å². The van der Waals surface area contributed by atoms with E-state index in [0.29, 0.717) is 0 Å². The van der Waals surface area contributed by atoms with Gasteiger partial charge in [0.05, 0.1) is 19.0 Å². The van der Waals surface area contributed by atoms with Crippen LogP contribution in [0, 0.1) is 0 Å². The molecule has 3 N–H and O–H groups in total. The summed E-state index contributed by atoms with van der Waals surface area (Å²) in [7, 11) is 0. The standard InChI is InChI=1S/C9H11ClN4O3/c10-7-4-13-6(3-14-7)9(16)12-1-2-17-5-8(11)15/h3-4H,1-2,5H2,(H2,11,15)(H,12,16). The molecule has 0 aliphatic heterocycles. The normalized spacial score (nSPS) is 9.94. The Bertz CT molecular complexity index is 396. The molecule has 1 rings (SSSR count). The summed E-state index contributed by atoms with van der Waals surface area (Å²) < 4.78 is 4.85. The molecule has 1 aromatic heterocycles. The van der Waals surface area contributed by atoms with Gasteiger partial charge in [0.15, 0.2) is 0 Å². The van der Waals surface area contributed by atoms with Crippen molar-refractivity contribution >= 4 is 23.4 Å². The van der Waals surface area contributed by atoms with E-state index >= 15 is 0 Å². The highest BCUT2D eigenvalue weighted by molar-refractivity contribution is 6.29. The number of carbonyl (C=O) groups excluding carboxylic acids is 2. The molecule has 0 radical (unpaired) electrons. The number of rotatable bonds is 6. The molecule has 0 aliphatic carbocycles. The second-order valence-electron chi connectivity index (χ2n) is 3.00. The molecule has 0 saturated carbocycles. The third-order valence-corrected chi connectivity index (χ3v) is 1.82. The highest BCUT2D eigenvalue weighted by atomic mass is 35.5. The quantitative estimate of drug-likeness (QED) is 0.660. The van der Waals surface area contributed by atoms with Crippen molar-refractivity contribution in [2.75, 3.05) is 19.8 Å². The van der Waals surface area contributed by atoms with Crippen molar-refractivity contribution < 1.29 is 14.3 Å². The second kappa shape index (κ2) is 6.77. The topological polar surface area (TPSA) is 107 Å². The van der Waals surface area contributed by atoms with Gasteiger partial charge in [-0.15, -0.1) is 0 Å². The zero-order valence-electron chi connectivity index (χ0n) is 8.85. The number of primary amides is 1. The highest BCUT2D eigenvalue weighted by Gasteiger charge is 2.06. The van der Waals surface area contributed by atoms with Gasteiger partial charge in [0, 0.05) is 6.54 Å². The number of nitrogens with one attached hydrogen (secondary N) is 1. The number of halogens is 1. The molecule has 8 heteroatoms. The number of carbonyl (C=O) groups is 2. The smallest absolute Gasteiger partial charge is 0.271 e. The lowest BCUT2D eigenvalue weighted by Gasteiger charge is -2.04. The van der Waals surface area contributed by atoms with Crippen LogP contribution in [0.3, 0.4) is 0 Å². The van der Waals surface area contributed by atoms with Crippen LogP contribution in [0.5, 0.6) is 0 Å². The Hall–Kier alpha value is -1.73. The van der Waals surface area contributed by atoms with E-state index in [1.165, 1.54) is 12.4 Å². The third-order valence-electron chi connectivity index (χ3n) is 1.63. The number of nitrogens with two attached hydrogens (primary N) is 1. The lowest BCUT2D eigenvalue weighted by molar-refractivity contribution is -0.122. The van der Waals surface area contributed by atoms with Gasteiger partial charge in [-0.05, 0) is 0 Å². The van der Waals surface area contributed by atoms with Gasteiger partial charge in [0.25, 0.3) is 5.91 Å². The molecular weight excluding hydrogens is 248 g/mol. The highest BCUT2D eigenvalue weighted by Crippen LogP contribution is 2.00. The van der Waals surface area contributed by atoms with E-state index in [9.17, 15) is 9.59 Å². The SMILES string of the molecule is NC(=O)COCCNC(=O)c1cnc(Cl)cn1. The van der Waals surface area contributed by atoms with E-state index in [1.54, 1.807) is 0 Å². The average molecular weight is 259 g/mol. The maximum atomic E-state index is 11.4. The predicted octanol–water partition coefficient (Wildman–Crippen LogP) is -0.638. The van der Waals surface area contributed by atoms with Gasteiger partial charge in [-0.25, -0.2) is 9.97 Å². The van der Waals surface area contributed by atoms with Crippen LogP contribution in [-0.2, 0) is 9.53 Å². The summed E-state index contributed by atoms with van der Waals surface area (Å²) in [5.74, 6) is -0.947. The number of aromatic nitrogens is 2. The summed E-state index contributed by atoms with van der Waals surface area (Å²) in [5, 5.41) is 2.74. The summed E-state index contributed by atoms with van der Waals surface area (Å²) in [6.45, 7) is 0.267. The first-order valence-corrected chi connectivity index (χ1v) is 5.09. The van der Waals surface area contributed by atoms with E-state index in [-0.39, 0.29) is 30.6 Å². The van der Waals surface area contributed by atoms with E-state index in [2.05, 4.69) is 15.3 Å². The summed E-state index contributed by atoms with van der Waals surface area (Å²) >= 11 is 5.52. The molecule has 0 spiro atoms.